The molecule has 9 heteroatoms. The highest BCUT2D eigenvalue weighted by atomic mass is 16.5. The first-order chi connectivity index (χ1) is 15.7. The van der Waals surface area contributed by atoms with E-state index in [2.05, 4.69) is 19.9 Å². The summed E-state index contributed by atoms with van der Waals surface area (Å²) in [7, 11) is 0. The van der Waals surface area contributed by atoms with Crippen LogP contribution in [0.2, 0.25) is 0 Å². The zero-order valence-corrected chi connectivity index (χ0v) is 17.7. The van der Waals surface area contributed by atoms with E-state index in [9.17, 15) is 4.79 Å². The Bertz CT molecular complexity index is 1080. The summed E-state index contributed by atoms with van der Waals surface area (Å²) in [4.78, 5) is 24.8. The van der Waals surface area contributed by atoms with E-state index in [1.54, 1.807) is 18.3 Å². The summed E-state index contributed by atoms with van der Waals surface area (Å²) in [5.74, 6) is 1.16. The second-order valence-corrected chi connectivity index (χ2v) is 8.09. The summed E-state index contributed by atoms with van der Waals surface area (Å²) < 4.78 is 11.1. The summed E-state index contributed by atoms with van der Waals surface area (Å²) >= 11 is 0. The molecule has 1 atom stereocenters. The molecule has 2 fully saturated rings. The first-order valence-corrected chi connectivity index (χ1v) is 10.9. The van der Waals surface area contributed by atoms with E-state index in [1.807, 2.05) is 24.3 Å². The zero-order chi connectivity index (χ0) is 21.9. The number of hydrogen-bond donors (Lipinski definition) is 1. The van der Waals surface area contributed by atoms with Crippen LogP contribution in [0.1, 0.15) is 40.7 Å². The molecule has 0 aliphatic carbocycles. The van der Waals surface area contributed by atoms with Crippen LogP contribution in [0.4, 0.5) is 5.82 Å². The average Bonchev–Trinajstić information content (AvgIpc) is 3.50. The predicted octanol–water partition coefficient (Wildman–Crippen LogP) is 3.00. The van der Waals surface area contributed by atoms with Crippen molar-refractivity contribution in [3.63, 3.8) is 0 Å². The molecule has 0 saturated carbocycles. The van der Waals surface area contributed by atoms with Crippen molar-refractivity contribution < 1.29 is 19.2 Å². The Kier molecular flexibility index (Phi) is 5.83. The normalized spacial score (nSPS) is 19.4. The van der Waals surface area contributed by atoms with Crippen molar-refractivity contribution in [2.45, 2.75) is 25.4 Å². The molecule has 166 valence electrons. The molecule has 32 heavy (non-hydrogen) atoms. The Labute approximate surface area is 185 Å². The molecule has 2 saturated heterocycles. The van der Waals surface area contributed by atoms with Crippen LogP contribution in [0.3, 0.4) is 0 Å². The SMILES string of the molecule is O=C(O)c1ccc(CN2CCC[C@H]2c2nc(-c3ccnc(N4CCOCC4)c3)no2)cc1. The number of aromatic nitrogens is 3. The topological polar surface area (TPSA) is 105 Å². The number of carboxylic acid groups (broad SMARTS) is 1. The van der Waals surface area contributed by atoms with E-state index >= 15 is 0 Å². The molecular weight excluding hydrogens is 410 g/mol. The van der Waals surface area contributed by atoms with Gasteiger partial charge in [-0.3, -0.25) is 4.90 Å². The minimum atomic E-state index is -0.915. The van der Waals surface area contributed by atoms with Crippen LogP contribution >= 0.6 is 0 Å². The number of carbonyl (C=O) groups is 1. The van der Waals surface area contributed by atoms with Gasteiger partial charge in [0, 0.05) is 31.4 Å². The zero-order valence-electron chi connectivity index (χ0n) is 17.7. The molecule has 0 bridgehead atoms. The second-order valence-electron chi connectivity index (χ2n) is 8.09. The van der Waals surface area contributed by atoms with Gasteiger partial charge in [0.1, 0.15) is 5.82 Å². The Morgan fingerprint density at radius 2 is 1.94 bits per heavy atom. The summed E-state index contributed by atoms with van der Waals surface area (Å²) in [6.45, 7) is 4.68. The molecule has 5 rings (SSSR count). The van der Waals surface area contributed by atoms with Gasteiger partial charge in [-0.2, -0.15) is 4.98 Å². The number of aromatic carboxylic acids is 1. The van der Waals surface area contributed by atoms with Gasteiger partial charge in [-0.05, 0) is 49.2 Å². The van der Waals surface area contributed by atoms with E-state index < -0.39 is 5.97 Å². The quantitative estimate of drug-likeness (QED) is 0.625. The molecule has 1 N–H and O–H groups in total. The molecule has 1 aromatic carbocycles. The maximum Gasteiger partial charge on any atom is 0.335 e. The van der Waals surface area contributed by atoms with Crippen LogP contribution in [-0.2, 0) is 11.3 Å². The molecule has 3 aromatic rings. The van der Waals surface area contributed by atoms with Gasteiger partial charge in [0.15, 0.2) is 0 Å². The van der Waals surface area contributed by atoms with E-state index in [4.69, 9.17) is 19.4 Å². The van der Waals surface area contributed by atoms with Crippen LogP contribution in [0, 0.1) is 0 Å². The van der Waals surface area contributed by atoms with E-state index in [0.717, 1.165) is 49.4 Å². The minimum absolute atomic E-state index is 0.0518. The van der Waals surface area contributed by atoms with Crippen molar-refractivity contribution in [3.05, 3.63) is 59.6 Å². The summed E-state index contributed by atoms with van der Waals surface area (Å²) in [6.07, 6.45) is 3.77. The Morgan fingerprint density at radius 1 is 1.12 bits per heavy atom. The smallest absolute Gasteiger partial charge is 0.335 e. The van der Waals surface area contributed by atoms with Crippen molar-refractivity contribution in [3.8, 4) is 11.4 Å². The summed E-state index contributed by atoms with van der Waals surface area (Å²) in [5, 5.41) is 13.3. The number of benzene rings is 1. The third-order valence-electron chi connectivity index (χ3n) is 6.02. The molecule has 9 nitrogen and oxygen atoms in total. The number of nitrogens with zero attached hydrogens (tertiary/aromatic N) is 5. The van der Waals surface area contributed by atoms with Gasteiger partial charge in [-0.25, -0.2) is 9.78 Å². The number of hydrogen-bond acceptors (Lipinski definition) is 8. The fraction of sp³-hybridized carbons (Fsp3) is 0.391. The maximum atomic E-state index is 11.1. The number of anilines is 1. The number of pyridine rings is 1. The predicted molar refractivity (Wildman–Crippen MR) is 116 cm³/mol. The highest BCUT2D eigenvalue weighted by Gasteiger charge is 2.31. The second kappa shape index (κ2) is 9.05. The van der Waals surface area contributed by atoms with Crippen molar-refractivity contribution in [1.82, 2.24) is 20.0 Å². The van der Waals surface area contributed by atoms with Crippen molar-refractivity contribution in [2.75, 3.05) is 37.7 Å². The number of carboxylic acids is 1. The van der Waals surface area contributed by atoms with Gasteiger partial charge in [0.05, 0.1) is 24.8 Å². The number of morpholine rings is 1. The Balaban J connectivity index is 1.31. The number of likely N-dealkylation sites (tertiary alicyclic amines) is 1. The third-order valence-corrected chi connectivity index (χ3v) is 6.02. The van der Waals surface area contributed by atoms with Crippen LogP contribution in [0.25, 0.3) is 11.4 Å². The molecule has 0 spiro atoms. The Hall–Kier alpha value is -3.30. The lowest BCUT2D eigenvalue weighted by atomic mass is 10.1. The van der Waals surface area contributed by atoms with Crippen molar-refractivity contribution >= 4 is 11.8 Å². The van der Waals surface area contributed by atoms with Gasteiger partial charge in [-0.15, -0.1) is 0 Å². The maximum absolute atomic E-state index is 11.1. The standard InChI is InChI=1S/C23H25N5O4/c29-23(30)17-5-3-16(4-6-17)15-28-9-1-2-19(28)22-25-21(26-32-22)18-7-8-24-20(14-18)27-10-12-31-13-11-27/h3-8,14,19H,1-2,9-13,15H2,(H,29,30)/t19-/m0/s1. The highest BCUT2D eigenvalue weighted by molar-refractivity contribution is 5.87. The highest BCUT2D eigenvalue weighted by Crippen LogP contribution is 2.33. The third kappa shape index (κ3) is 4.35. The van der Waals surface area contributed by atoms with Crippen LogP contribution < -0.4 is 4.90 Å². The van der Waals surface area contributed by atoms with Crippen molar-refractivity contribution in [2.24, 2.45) is 0 Å². The lowest BCUT2D eigenvalue weighted by Crippen LogP contribution is -2.36. The van der Waals surface area contributed by atoms with Crippen LogP contribution in [-0.4, -0.2) is 63.9 Å². The van der Waals surface area contributed by atoms with Crippen LogP contribution in [0.15, 0.2) is 47.1 Å². The first kappa shape index (κ1) is 20.6. The van der Waals surface area contributed by atoms with E-state index in [0.29, 0.717) is 37.0 Å². The molecule has 2 aliphatic heterocycles. The summed E-state index contributed by atoms with van der Waals surface area (Å²) in [6, 6.07) is 11.0. The lowest BCUT2D eigenvalue weighted by Gasteiger charge is -2.27. The fourth-order valence-corrected chi connectivity index (χ4v) is 4.29. The summed E-state index contributed by atoms with van der Waals surface area (Å²) in [5.41, 5.74) is 2.23. The molecule has 2 aromatic heterocycles. The van der Waals surface area contributed by atoms with E-state index in [1.165, 1.54) is 0 Å². The number of ether oxygens (including phenoxy) is 1. The van der Waals surface area contributed by atoms with Crippen molar-refractivity contribution in [1.29, 1.82) is 0 Å². The molecule has 0 amide bonds. The van der Waals surface area contributed by atoms with Gasteiger partial charge >= 0.3 is 5.97 Å². The van der Waals surface area contributed by atoms with Gasteiger partial charge < -0.3 is 19.3 Å². The molecular formula is C23H25N5O4. The molecule has 0 radical (unpaired) electrons. The van der Waals surface area contributed by atoms with Gasteiger partial charge in [-0.1, -0.05) is 17.3 Å². The average molecular weight is 435 g/mol. The number of rotatable bonds is 6. The largest absolute Gasteiger partial charge is 0.478 e. The first-order valence-electron chi connectivity index (χ1n) is 10.9. The van der Waals surface area contributed by atoms with Gasteiger partial charge in [0.2, 0.25) is 11.7 Å². The fourth-order valence-electron chi connectivity index (χ4n) is 4.29. The van der Waals surface area contributed by atoms with E-state index in [-0.39, 0.29) is 6.04 Å². The monoisotopic (exact) mass is 435 g/mol. The molecule has 4 heterocycles. The van der Waals surface area contributed by atoms with Gasteiger partial charge in [0.25, 0.3) is 0 Å². The Morgan fingerprint density at radius 3 is 2.72 bits per heavy atom. The molecule has 2 aliphatic rings. The minimum Gasteiger partial charge on any atom is -0.478 e. The molecule has 0 unspecified atom stereocenters. The lowest BCUT2D eigenvalue weighted by molar-refractivity contribution is 0.0697. The van der Waals surface area contributed by atoms with Crippen LogP contribution in [0.5, 0.6) is 0 Å².